The van der Waals surface area contributed by atoms with E-state index < -0.39 is 0 Å². The van der Waals surface area contributed by atoms with Crippen molar-refractivity contribution in [3.05, 3.63) is 65.7 Å². The molecule has 0 atom stereocenters. The maximum atomic E-state index is 12.3. The molecule has 0 radical (unpaired) electrons. The van der Waals surface area contributed by atoms with Crippen LogP contribution in [0.3, 0.4) is 0 Å². The zero-order chi connectivity index (χ0) is 22.6. The van der Waals surface area contributed by atoms with Crippen molar-refractivity contribution in [1.29, 1.82) is 0 Å². The van der Waals surface area contributed by atoms with Gasteiger partial charge in [-0.3, -0.25) is 9.69 Å². The molecule has 7 nitrogen and oxygen atoms in total. The molecule has 1 aliphatic heterocycles. The predicted octanol–water partition coefficient (Wildman–Crippen LogP) is 2.53. The molecule has 2 aromatic rings. The van der Waals surface area contributed by atoms with Crippen molar-refractivity contribution >= 4 is 11.9 Å². The van der Waals surface area contributed by atoms with Crippen molar-refractivity contribution in [1.82, 2.24) is 20.9 Å². The first-order valence-corrected chi connectivity index (χ1v) is 11.4. The average Bonchev–Trinajstić information content (AvgIpc) is 2.83. The van der Waals surface area contributed by atoms with Crippen LogP contribution in [0.1, 0.15) is 30.9 Å². The lowest BCUT2D eigenvalue weighted by molar-refractivity contribution is -0.119. The molecule has 32 heavy (non-hydrogen) atoms. The number of hydrogen-bond acceptors (Lipinski definition) is 4. The summed E-state index contributed by atoms with van der Waals surface area (Å²) in [5.74, 6) is 1.40. The summed E-state index contributed by atoms with van der Waals surface area (Å²) < 4.78 is 5.16. The molecule has 1 amide bonds. The maximum absolute atomic E-state index is 12.3. The van der Waals surface area contributed by atoms with Crippen LogP contribution in [0.25, 0.3) is 0 Å². The number of nitrogens with one attached hydrogen (secondary N) is 3. The molecule has 7 heteroatoms. The zero-order valence-electron chi connectivity index (χ0n) is 19.1. The van der Waals surface area contributed by atoms with Crippen LogP contribution in [0, 0.1) is 0 Å². The molecule has 1 heterocycles. The van der Waals surface area contributed by atoms with Crippen LogP contribution in [0.2, 0.25) is 0 Å². The summed E-state index contributed by atoms with van der Waals surface area (Å²) in [6, 6.07) is 18.6. The van der Waals surface area contributed by atoms with Gasteiger partial charge in [-0.2, -0.15) is 0 Å². The Kier molecular flexibility index (Phi) is 9.37. The van der Waals surface area contributed by atoms with Crippen molar-refractivity contribution in [3.8, 4) is 5.75 Å². The molecule has 0 saturated carbocycles. The number of nitrogens with zero attached hydrogens (tertiary/aromatic N) is 2. The van der Waals surface area contributed by atoms with Crippen LogP contribution in [0.4, 0.5) is 0 Å². The van der Waals surface area contributed by atoms with E-state index in [1.165, 1.54) is 5.56 Å². The molecule has 3 rings (SSSR count). The molecule has 1 fully saturated rings. The number of aliphatic imine (C=N–C) groups is 1. The van der Waals surface area contributed by atoms with Crippen molar-refractivity contribution in [2.45, 2.75) is 38.9 Å². The molecule has 0 aromatic heterocycles. The number of carbonyl (C=O) groups excluding carboxylic acids is 1. The molecule has 1 saturated heterocycles. The summed E-state index contributed by atoms with van der Waals surface area (Å²) in [7, 11) is 1.64. The van der Waals surface area contributed by atoms with Crippen LogP contribution in [0.5, 0.6) is 5.75 Å². The van der Waals surface area contributed by atoms with Crippen LogP contribution in [0.15, 0.2) is 59.6 Å². The molecule has 0 aliphatic carbocycles. The number of amides is 1. The Morgan fingerprint density at radius 2 is 1.75 bits per heavy atom. The van der Waals surface area contributed by atoms with Gasteiger partial charge in [-0.25, -0.2) is 4.99 Å². The van der Waals surface area contributed by atoms with Crippen molar-refractivity contribution in [3.63, 3.8) is 0 Å². The second-order valence-electron chi connectivity index (χ2n) is 8.00. The van der Waals surface area contributed by atoms with Crippen LogP contribution >= 0.6 is 0 Å². The molecule has 0 unspecified atom stereocenters. The molecule has 0 bridgehead atoms. The monoisotopic (exact) mass is 437 g/mol. The first-order valence-electron chi connectivity index (χ1n) is 11.4. The van der Waals surface area contributed by atoms with Gasteiger partial charge in [-0.05, 0) is 43.0 Å². The lowest BCUT2D eigenvalue weighted by Crippen LogP contribution is -2.48. The predicted molar refractivity (Wildman–Crippen MR) is 129 cm³/mol. The lowest BCUT2D eigenvalue weighted by Gasteiger charge is -2.33. The number of ether oxygens (including phenoxy) is 1. The van der Waals surface area contributed by atoms with E-state index in [9.17, 15) is 4.79 Å². The van der Waals surface area contributed by atoms with Gasteiger partial charge in [0.1, 0.15) is 12.3 Å². The highest BCUT2D eigenvalue weighted by molar-refractivity contribution is 5.85. The van der Waals surface area contributed by atoms with Gasteiger partial charge in [0.15, 0.2) is 5.96 Å². The Morgan fingerprint density at radius 1 is 1.03 bits per heavy atom. The normalized spacial score (nSPS) is 15.2. The van der Waals surface area contributed by atoms with Gasteiger partial charge in [0.25, 0.3) is 0 Å². The standard InChI is InChI=1S/C25H35N5O2/c1-3-26-25(28-18-24(31)27-17-20-9-11-23(32-2)12-10-20)29-22-13-15-30(16-14-22)19-21-7-5-4-6-8-21/h4-12,22H,3,13-19H2,1-2H3,(H,27,31)(H2,26,28,29). The Hall–Kier alpha value is -3.06. The molecule has 2 aromatic carbocycles. The van der Waals surface area contributed by atoms with E-state index in [0.29, 0.717) is 18.5 Å². The van der Waals surface area contributed by atoms with E-state index in [1.807, 2.05) is 31.2 Å². The summed E-state index contributed by atoms with van der Waals surface area (Å²) >= 11 is 0. The third-order valence-corrected chi connectivity index (χ3v) is 5.55. The van der Waals surface area contributed by atoms with E-state index in [0.717, 1.165) is 50.3 Å². The zero-order valence-corrected chi connectivity index (χ0v) is 19.1. The number of hydrogen-bond donors (Lipinski definition) is 3. The number of rotatable bonds is 9. The first-order chi connectivity index (χ1) is 15.7. The largest absolute Gasteiger partial charge is 0.497 e. The highest BCUT2D eigenvalue weighted by atomic mass is 16.5. The van der Waals surface area contributed by atoms with E-state index >= 15 is 0 Å². The third-order valence-electron chi connectivity index (χ3n) is 5.55. The van der Waals surface area contributed by atoms with E-state index in [-0.39, 0.29) is 12.5 Å². The summed E-state index contributed by atoms with van der Waals surface area (Å²) in [6.45, 7) is 6.45. The van der Waals surface area contributed by atoms with E-state index in [4.69, 9.17) is 4.74 Å². The minimum Gasteiger partial charge on any atom is -0.497 e. The van der Waals surface area contributed by atoms with Gasteiger partial charge in [0.2, 0.25) is 5.91 Å². The van der Waals surface area contributed by atoms with Crippen LogP contribution < -0.4 is 20.7 Å². The van der Waals surface area contributed by atoms with Crippen molar-refractivity contribution < 1.29 is 9.53 Å². The molecule has 1 aliphatic rings. The minimum absolute atomic E-state index is 0.0956. The fourth-order valence-corrected chi connectivity index (χ4v) is 3.74. The molecule has 3 N–H and O–H groups in total. The van der Waals surface area contributed by atoms with Gasteiger partial charge in [0.05, 0.1) is 7.11 Å². The Morgan fingerprint density at radius 3 is 2.41 bits per heavy atom. The first kappa shape index (κ1) is 23.6. The number of carbonyl (C=O) groups is 1. The molecule has 172 valence electrons. The van der Waals surface area contributed by atoms with Gasteiger partial charge < -0.3 is 20.7 Å². The highest BCUT2D eigenvalue weighted by Crippen LogP contribution is 2.14. The minimum atomic E-state index is -0.101. The summed E-state index contributed by atoms with van der Waals surface area (Å²) in [5, 5.41) is 9.67. The van der Waals surface area contributed by atoms with Crippen molar-refractivity contribution in [2.75, 3.05) is 33.3 Å². The molecule has 0 spiro atoms. The van der Waals surface area contributed by atoms with Gasteiger partial charge in [-0.15, -0.1) is 0 Å². The van der Waals surface area contributed by atoms with E-state index in [1.54, 1.807) is 7.11 Å². The highest BCUT2D eigenvalue weighted by Gasteiger charge is 2.20. The fraction of sp³-hybridized carbons (Fsp3) is 0.440. The topological polar surface area (TPSA) is 78.0 Å². The second-order valence-corrected chi connectivity index (χ2v) is 8.00. The van der Waals surface area contributed by atoms with Gasteiger partial charge in [-0.1, -0.05) is 42.5 Å². The Bertz CT molecular complexity index is 846. The van der Waals surface area contributed by atoms with E-state index in [2.05, 4.69) is 56.2 Å². The number of methoxy groups -OCH3 is 1. The SMILES string of the molecule is CCNC(=NCC(=O)NCc1ccc(OC)cc1)NC1CCN(Cc2ccccc2)CC1. The molecular weight excluding hydrogens is 402 g/mol. The number of likely N-dealkylation sites (tertiary alicyclic amines) is 1. The van der Waals surface area contributed by atoms with Crippen LogP contribution in [-0.4, -0.2) is 56.1 Å². The van der Waals surface area contributed by atoms with Gasteiger partial charge >= 0.3 is 0 Å². The summed E-state index contributed by atoms with van der Waals surface area (Å²) in [4.78, 5) is 19.2. The Balaban J connectivity index is 1.41. The number of piperidine rings is 1. The second kappa shape index (κ2) is 12.7. The third kappa shape index (κ3) is 7.89. The fourth-order valence-electron chi connectivity index (χ4n) is 3.74. The summed E-state index contributed by atoms with van der Waals surface area (Å²) in [5.41, 5.74) is 2.38. The maximum Gasteiger partial charge on any atom is 0.242 e. The number of benzene rings is 2. The van der Waals surface area contributed by atoms with Gasteiger partial charge in [0, 0.05) is 38.8 Å². The average molecular weight is 438 g/mol. The summed E-state index contributed by atoms with van der Waals surface area (Å²) in [6.07, 6.45) is 2.11. The molecular formula is C25H35N5O2. The number of guanidine groups is 1. The van der Waals surface area contributed by atoms with Crippen LogP contribution in [-0.2, 0) is 17.9 Å². The Labute approximate surface area is 191 Å². The van der Waals surface area contributed by atoms with Crippen molar-refractivity contribution in [2.24, 2.45) is 4.99 Å². The quantitative estimate of drug-likeness (QED) is 0.415. The lowest BCUT2D eigenvalue weighted by atomic mass is 10.0. The smallest absolute Gasteiger partial charge is 0.242 e.